The Kier molecular flexibility index (Phi) is 5.59. The Morgan fingerprint density at radius 2 is 2.00 bits per heavy atom. The molecular weight excluding hydrogens is 346 g/mol. The second-order valence-electron chi connectivity index (χ2n) is 6.33. The number of para-hydroxylation sites is 1. The number of fused-ring (bicyclic) bond motifs is 1. The summed E-state index contributed by atoms with van der Waals surface area (Å²) in [6.45, 7) is 5.89. The molecule has 142 valence electrons. The number of hydrogen-bond donors (Lipinski definition) is 1. The third-order valence-electron chi connectivity index (χ3n) is 4.80. The Morgan fingerprint density at radius 1 is 1.26 bits per heavy atom. The summed E-state index contributed by atoms with van der Waals surface area (Å²) in [5.74, 6) is 0.444. The van der Waals surface area contributed by atoms with Gasteiger partial charge in [0, 0.05) is 42.9 Å². The van der Waals surface area contributed by atoms with Crippen LogP contribution in [0.1, 0.15) is 42.2 Å². The second kappa shape index (κ2) is 8.07. The number of carbonyl (C=O) groups excluding carboxylic acids is 1. The van der Waals surface area contributed by atoms with Gasteiger partial charge in [0.2, 0.25) is 0 Å². The number of nitrogens with one attached hydrogen (secondary N) is 1. The standard InChI is InChI=1S/C20H23N3O4/c1-3-22(4-2)18-10-9-14(23(25)26)13-16(18)20(24)21-17-11-12-27-19-8-6-5-7-15(17)19/h5-10,13,17H,3-4,11-12H2,1-2H3,(H,21,24). The molecule has 0 fully saturated rings. The summed E-state index contributed by atoms with van der Waals surface area (Å²) in [6, 6.07) is 11.9. The molecule has 1 aliphatic heterocycles. The predicted molar refractivity (Wildman–Crippen MR) is 103 cm³/mol. The number of hydrogen-bond acceptors (Lipinski definition) is 5. The van der Waals surface area contributed by atoms with E-state index in [0.717, 1.165) is 11.3 Å². The maximum Gasteiger partial charge on any atom is 0.270 e. The molecule has 7 nitrogen and oxygen atoms in total. The number of nitro benzene ring substituents is 1. The van der Waals surface area contributed by atoms with Crippen LogP contribution in [0.5, 0.6) is 5.75 Å². The van der Waals surface area contributed by atoms with Crippen LogP contribution in [0.2, 0.25) is 0 Å². The minimum absolute atomic E-state index is 0.0940. The second-order valence-corrected chi connectivity index (χ2v) is 6.33. The van der Waals surface area contributed by atoms with Crippen LogP contribution in [0.25, 0.3) is 0 Å². The first-order chi connectivity index (χ1) is 13.0. The van der Waals surface area contributed by atoms with E-state index >= 15 is 0 Å². The minimum Gasteiger partial charge on any atom is -0.493 e. The van der Waals surface area contributed by atoms with E-state index in [4.69, 9.17) is 4.74 Å². The van der Waals surface area contributed by atoms with E-state index in [1.54, 1.807) is 6.07 Å². The molecule has 1 unspecified atom stereocenters. The molecule has 0 aliphatic carbocycles. The first kappa shape index (κ1) is 18.7. The highest BCUT2D eigenvalue weighted by Gasteiger charge is 2.26. The van der Waals surface area contributed by atoms with Gasteiger partial charge in [-0.3, -0.25) is 14.9 Å². The van der Waals surface area contributed by atoms with Gasteiger partial charge >= 0.3 is 0 Å². The predicted octanol–water partition coefficient (Wildman–Crippen LogP) is 3.69. The quantitative estimate of drug-likeness (QED) is 0.620. The highest BCUT2D eigenvalue weighted by atomic mass is 16.6. The largest absolute Gasteiger partial charge is 0.493 e. The number of benzene rings is 2. The van der Waals surface area contributed by atoms with E-state index in [0.29, 0.717) is 37.4 Å². The number of carbonyl (C=O) groups is 1. The van der Waals surface area contributed by atoms with Gasteiger partial charge in [-0.1, -0.05) is 18.2 Å². The third-order valence-corrected chi connectivity index (χ3v) is 4.80. The Hall–Kier alpha value is -3.09. The van der Waals surface area contributed by atoms with E-state index < -0.39 is 4.92 Å². The van der Waals surface area contributed by atoms with Gasteiger partial charge in [-0.25, -0.2) is 0 Å². The van der Waals surface area contributed by atoms with Crippen LogP contribution < -0.4 is 15.0 Å². The van der Waals surface area contributed by atoms with Crippen molar-refractivity contribution in [2.75, 3.05) is 24.6 Å². The SMILES string of the molecule is CCN(CC)c1ccc([N+](=O)[O-])cc1C(=O)NC1CCOc2ccccc21. The van der Waals surface area contributed by atoms with Crippen LogP contribution in [0, 0.1) is 10.1 Å². The van der Waals surface area contributed by atoms with Gasteiger partial charge in [-0.05, 0) is 26.0 Å². The van der Waals surface area contributed by atoms with Crippen LogP contribution in [0.4, 0.5) is 11.4 Å². The number of ether oxygens (including phenoxy) is 1. The van der Waals surface area contributed by atoms with Crippen molar-refractivity contribution < 1.29 is 14.5 Å². The van der Waals surface area contributed by atoms with Crippen molar-refractivity contribution >= 4 is 17.3 Å². The summed E-state index contributed by atoms with van der Waals surface area (Å²) in [7, 11) is 0. The number of amides is 1. The molecule has 0 saturated heterocycles. The molecular formula is C20H23N3O4. The first-order valence-electron chi connectivity index (χ1n) is 9.11. The van der Waals surface area contributed by atoms with Gasteiger partial charge < -0.3 is 15.0 Å². The van der Waals surface area contributed by atoms with Crippen molar-refractivity contribution in [2.45, 2.75) is 26.3 Å². The van der Waals surface area contributed by atoms with Crippen molar-refractivity contribution in [2.24, 2.45) is 0 Å². The van der Waals surface area contributed by atoms with Crippen molar-refractivity contribution in [3.05, 3.63) is 63.7 Å². The molecule has 2 aromatic carbocycles. The zero-order valence-electron chi connectivity index (χ0n) is 15.5. The third kappa shape index (κ3) is 3.86. The molecule has 0 bridgehead atoms. The van der Waals surface area contributed by atoms with Crippen molar-refractivity contribution in [3.8, 4) is 5.75 Å². The Morgan fingerprint density at radius 3 is 2.70 bits per heavy atom. The number of nitro groups is 1. The zero-order valence-corrected chi connectivity index (χ0v) is 15.5. The van der Waals surface area contributed by atoms with Gasteiger partial charge in [-0.2, -0.15) is 0 Å². The van der Waals surface area contributed by atoms with Crippen LogP contribution >= 0.6 is 0 Å². The average molecular weight is 369 g/mol. The summed E-state index contributed by atoms with van der Waals surface area (Å²) in [5.41, 5.74) is 1.84. The van der Waals surface area contributed by atoms with Gasteiger partial charge in [0.25, 0.3) is 11.6 Å². The number of nitrogens with zero attached hydrogens (tertiary/aromatic N) is 2. The molecule has 2 aromatic rings. The smallest absolute Gasteiger partial charge is 0.270 e. The molecule has 0 aromatic heterocycles. The maximum absolute atomic E-state index is 13.1. The maximum atomic E-state index is 13.1. The molecule has 27 heavy (non-hydrogen) atoms. The van der Waals surface area contributed by atoms with E-state index in [1.807, 2.05) is 43.0 Å². The summed E-state index contributed by atoms with van der Waals surface area (Å²) in [5, 5.41) is 14.2. The first-order valence-corrected chi connectivity index (χ1v) is 9.11. The highest BCUT2D eigenvalue weighted by molar-refractivity contribution is 6.00. The van der Waals surface area contributed by atoms with E-state index in [2.05, 4.69) is 5.32 Å². The molecule has 1 N–H and O–H groups in total. The summed E-state index contributed by atoms with van der Waals surface area (Å²) in [6.07, 6.45) is 0.651. The van der Waals surface area contributed by atoms with Gasteiger partial charge in [0.1, 0.15) is 5.75 Å². The fourth-order valence-corrected chi connectivity index (χ4v) is 3.39. The average Bonchev–Trinajstić information content (AvgIpc) is 2.69. The van der Waals surface area contributed by atoms with E-state index in [-0.39, 0.29) is 17.6 Å². The Bertz CT molecular complexity index is 849. The Balaban J connectivity index is 1.94. The minimum atomic E-state index is -0.480. The number of non-ortho nitro benzene ring substituents is 1. The highest BCUT2D eigenvalue weighted by Crippen LogP contribution is 2.33. The summed E-state index contributed by atoms with van der Waals surface area (Å²) >= 11 is 0. The molecule has 0 radical (unpaired) electrons. The normalized spacial score (nSPS) is 15.4. The van der Waals surface area contributed by atoms with Gasteiger partial charge in [0.15, 0.2) is 0 Å². The molecule has 1 heterocycles. The lowest BCUT2D eigenvalue weighted by molar-refractivity contribution is -0.384. The number of rotatable bonds is 6. The van der Waals surface area contributed by atoms with Gasteiger partial charge in [-0.15, -0.1) is 0 Å². The van der Waals surface area contributed by atoms with Crippen molar-refractivity contribution in [1.82, 2.24) is 5.32 Å². The fourth-order valence-electron chi connectivity index (χ4n) is 3.39. The van der Waals surface area contributed by atoms with Crippen LogP contribution in [0.15, 0.2) is 42.5 Å². The molecule has 3 rings (SSSR count). The number of anilines is 1. The van der Waals surface area contributed by atoms with E-state index in [9.17, 15) is 14.9 Å². The zero-order chi connectivity index (χ0) is 19.4. The molecule has 7 heteroatoms. The van der Waals surface area contributed by atoms with E-state index in [1.165, 1.54) is 12.1 Å². The van der Waals surface area contributed by atoms with Crippen LogP contribution in [-0.4, -0.2) is 30.5 Å². The summed E-state index contributed by atoms with van der Waals surface area (Å²) < 4.78 is 5.64. The lowest BCUT2D eigenvalue weighted by Gasteiger charge is -2.28. The fraction of sp³-hybridized carbons (Fsp3) is 0.350. The molecule has 0 spiro atoms. The van der Waals surface area contributed by atoms with Crippen molar-refractivity contribution in [3.63, 3.8) is 0 Å². The Labute approximate surface area is 158 Å². The summed E-state index contributed by atoms with van der Waals surface area (Å²) in [4.78, 5) is 25.8. The lowest BCUT2D eigenvalue weighted by Crippen LogP contribution is -2.34. The van der Waals surface area contributed by atoms with Crippen molar-refractivity contribution in [1.29, 1.82) is 0 Å². The monoisotopic (exact) mass is 369 g/mol. The molecule has 1 amide bonds. The topological polar surface area (TPSA) is 84.7 Å². The lowest BCUT2D eigenvalue weighted by atomic mass is 9.99. The molecule has 1 aliphatic rings. The molecule has 1 atom stereocenters. The van der Waals surface area contributed by atoms with Gasteiger partial charge in [0.05, 0.1) is 23.1 Å². The van der Waals surface area contributed by atoms with Crippen LogP contribution in [-0.2, 0) is 0 Å². The molecule has 0 saturated carbocycles. The van der Waals surface area contributed by atoms with Crippen LogP contribution in [0.3, 0.4) is 0 Å².